The summed E-state index contributed by atoms with van der Waals surface area (Å²) in [5, 5.41) is -0.155. The molecule has 0 saturated heterocycles. The van der Waals surface area contributed by atoms with E-state index in [2.05, 4.69) is 4.74 Å². The fourth-order valence-corrected chi connectivity index (χ4v) is 1.04. The highest BCUT2D eigenvalue weighted by Gasteiger charge is 2.11. The van der Waals surface area contributed by atoms with Crippen molar-refractivity contribution in [2.45, 2.75) is 0 Å². The van der Waals surface area contributed by atoms with E-state index in [1.165, 1.54) is 12.1 Å². The van der Waals surface area contributed by atoms with E-state index in [1.807, 2.05) is 0 Å². The molecule has 1 aromatic rings. The second-order valence-corrected chi connectivity index (χ2v) is 2.74. The van der Waals surface area contributed by atoms with E-state index >= 15 is 0 Å². The zero-order valence-electron chi connectivity index (χ0n) is 5.78. The molecule has 1 aromatic carbocycles. The maximum atomic E-state index is 12.9. The quantitative estimate of drug-likeness (QED) is 0.683. The zero-order valence-corrected chi connectivity index (χ0v) is 7.29. The Morgan fingerprint density at radius 1 is 1.25 bits per heavy atom. The first kappa shape index (κ1) is 9.55. The van der Waals surface area contributed by atoms with E-state index in [-0.39, 0.29) is 15.8 Å². The lowest BCUT2D eigenvalue weighted by molar-refractivity contribution is 0.184. The zero-order chi connectivity index (χ0) is 9.14. The fourth-order valence-electron chi connectivity index (χ4n) is 0.695. The Labute approximate surface area is 77.8 Å². The molecule has 1 rings (SSSR count). The molecule has 0 spiro atoms. The molecule has 0 aliphatic rings. The van der Waals surface area contributed by atoms with Gasteiger partial charge in [-0.05, 0) is 12.1 Å². The minimum absolute atomic E-state index is 0.00505. The number of rotatable bonds is 2. The predicted octanol–water partition coefficient (Wildman–Crippen LogP) is 3.44. The van der Waals surface area contributed by atoms with Crippen LogP contribution in [0.2, 0.25) is 10.0 Å². The van der Waals surface area contributed by atoms with Crippen molar-refractivity contribution in [1.82, 2.24) is 0 Å². The summed E-state index contributed by atoms with van der Waals surface area (Å²) in [7, 11) is 0. The number of ether oxygens (including phenoxy) is 1. The molecule has 0 radical (unpaired) electrons. The van der Waals surface area contributed by atoms with Crippen molar-refractivity contribution in [2.24, 2.45) is 0 Å². The monoisotopic (exact) mass is 212 g/mol. The van der Waals surface area contributed by atoms with Crippen LogP contribution in [0.4, 0.5) is 8.78 Å². The lowest BCUT2D eigenvalue weighted by atomic mass is 10.3. The molecule has 0 aromatic heterocycles. The molecule has 0 heterocycles. The molecule has 0 aliphatic heterocycles. The molecule has 0 amide bonds. The number of benzene rings is 1. The van der Waals surface area contributed by atoms with Crippen molar-refractivity contribution in [2.75, 3.05) is 6.86 Å². The van der Waals surface area contributed by atoms with Crippen LogP contribution in [0.15, 0.2) is 12.1 Å². The van der Waals surface area contributed by atoms with E-state index in [0.717, 1.165) is 0 Å². The first-order valence-corrected chi connectivity index (χ1v) is 3.74. The second-order valence-electron chi connectivity index (χ2n) is 1.93. The Balaban J connectivity index is 3.14. The van der Waals surface area contributed by atoms with E-state index in [1.54, 1.807) is 0 Å². The topological polar surface area (TPSA) is 9.23 Å². The van der Waals surface area contributed by atoms with Gasteiger partial charge >= 0.3 is 0 Å². The van der Waals surface area contributed by atoms with Crippen LogP contribution in [0.5, 0.6) is 5.75 Å². The van der Waals surface area contributed by atoms with Crippen LogP contribution in [-0.2, 0) is 0 Å². The predicted molar refractivity (Wildman–Crippen MR) is 43.0 cm³/mol. The van der Waals surface area contributed by atoms with E-state index in [4.69, 9.17) is 23.2 Å². The maximum Gasteiger partial charge on any atom is 0.228 e. The first-order valence-electron chi connectivity index (χ1n) is 2.99. The standard InChI is InChI=1S/C7H4Cl2F2O/c8-4-1-2-5(9)7(6(4)11)12-3-10/h1-2H,3H2. The highest BCUT2D eigenvalue weighted by Crippen LogP contribution is 2.32. The SMILES string of the molecule is FCOc1c(Cl)ccc(Cl)c1F. The van der Waals surface area contributed by atoms with Gasteiger partial charge in [-0.25, -0.2) is 8.78 Å². The summed E-state index contributed by atoms with van der Waals surface area (Å²) in [6.45, 7) is -1.14. The van der Waals surface area contributed by atoms with Gasteiger partial charge in [-0.3, -0.25) is 0 Å². The van der Waals surface area contributed by atoms with Crippen molar-refractivity contribution in [3.05, 3.63) is 28.0 Å². The average Bonchev–Trinajstić information content (AvgIpc) is 2.06. The lowest BCUT2D eigenvalue weighted by Gasteiger charge is -2.05. The van der Waals surface area contributed by atoms with Crippen LogP contribution < -0.4 is 4.74 Å². The highest BCUT2D eigenvalue weighted by molar-refractivity contribution is 6.34. The molecule has 0 atom stereocenters. The van der Waals surface area contributed by atoms with Gasteiger partial charge in [0.25, 0.3) is 0 Å². The minimum atomic E-state index is -1.14. The van der Waals surface area contributed by atoms with E-state index in [9.17, 15) is 8.78 Å². The lowest BCUT2D eigenvalue weighted by Crippen LogP contribution is -1.94. The third-order valence-corrected chi connectivity index (χ3v) is 1.79. The van der Waals surface area contributed by atoms with Gasteiger partial charge in [0, 0.05) is 0 Å². The summed E-state index contributed by atoms with van der Waals surface area (Å²) in [5.41, 5.74) is 0. The number of hydrogen-bond acceptors (Lipinski definition) is 1. The van der Waals surface area contributed by atoms with Crippen LogP contribution in [0.3, 0.4) is 0 Å². The fraction of sp³-hybridized carbons (Fsp3) is 0.143. The van der Waals surface area contributed by atoms with Crippen molar-refractivity contribution in [3.63, 3.8) is 0 Å². The summed E-state index contributed by atoms with van der Waals surface area (Å²) >= 11 is 10.9. The van der Waals surface area contributed by atoms with Crippen molar-refractivity contribution < 1.29 is 13.5 Å². The number of hydrogen-bond donors (Lipinski definition) is 0. The highest BCUT2D eigenvalue weighted by atomic mass is 35.5. The molecular formula is C7H4Cl2F2O. The molecule has 0 aliphatic carbocycles. The molecule has 0 fully saturated rings. The smallest absolute Gasteiger partial charge is 0.228 e. The second kappa shape index (κ2) is 3.92. The third-order valence-electron chi connectivity index (χ3n) is 1.20. The van der Waals surface area contributed by atoms with Crippen molar-refractivity contribution in [3.8, 4) is 5.75 Å². The van der Waals surface area contributed by atoms with Gasteiger partial charge in [0.05, 0.1) is 10.0 Å². The van der Waals surface area contributed by atoms with Crippen LogP contribution in [0, 0.1) is 5.82 Å². The normalized spacial score (nSPS) is 10.0. The molecule has 1 nitrogen and oxygen atoms in total. The van der Waals surface area contributed by atoms with Crippen molar-refractivity contribution in [1.29, 1.82) is 0 Å². The van der Waals surface area contributed by atoms with Gasteiger partial charge < -0.3 is 4.74 Å². The van der Waals surface area contributed by atoms with Gasteiger partial charge in [0.15, 0.2) is 11.6 Å². The number of halogens is 4. The Hall–Kier alpha value is -0.540. The van der Waals surface area contributed by atoms with E-state index in [0.29, 0.717) is 0 Å². The number of alkyl halides is 1. The minimum Gasteiger partial charge on any atom is -0.458 e. The van der Waals surface area contributed by atoms with Crippen LogP contribution in [-0.4, -0.2) is 6.86 Å². The Kier molecular flexibility index (Phi) is 3.12. The summed E-state index contributed by atoms with van der Waals surface area (Å²) in [4.78, 5) is 0. The first-order chi connectivity index (χ1) is 5.66. The van der Waals surface area contributed by atoms with Crippen LogP contribution in [0.1, 0.15) is 0 Å². The summed E-state index contributed by atoms with van der Waals surface area (Å²) in [6.07, 6.45) is 0. The molecule has 0 bridgehead atoms. The Bertz CT molecular complexity index is 291. The molecule has 0 saturated carbocycles. The largest absolute Gasteiger partial charge is 0.458 e. The van der Waals surface area contributed by atoms with Gasteiger partial charge in [-0.2, -0.15) is 0 Å². The molecule has 0 unspecified atom stereocenters. The molecular weight excluding hydrogens is 209 g/mol. The van der Waals surface area contributed by atoms with Gasteiger partial charge in [0.1, 0.15) is 0 Å². The molecule has 5 heteroatoms. The van der Waals surface area contributed by atoms with Crippen molar-refractivity contribution >= 4 is 23.2 Å². The van der Waals surface area contributed by atoms with E-state index < -0.39 is 12.7 Å². The van der Waals surface area contributed by atoms with Gasteiger partial charge in [-0.15, -0.1) is 0 Å². The summed E-state index contributed by atoms with van der Waals surface area (Å²) in [5.74, 6) is -1.20. The molecule has 66 valence electrons. The van der Waals surface area contributed by atoms with Gasteiger partial charge in [-0.1, -0.05) is 23.2 Å². The summed E-state index contributed by atoms with van der Waals surface area (Å²) < 4.78 is 28.9. The Morgan fingerprint density at radius 3 is 2.42 bits per heavy atom. The third kappa shape index (κ3) is 1.79. The van der Waals surface area contributed by atoms with Crippen LogP contribution in [0.25, 0.3) is 0 Å². The molecule has 12 heavy (non-hydrogen) atoms. The average molecular weight is 213 g/mol. The summed E-state index contributed by atoms with van der Waals surface area (Å²) in [6, 6.07) is 2.60. The van der Waals surface area contributed by atoms with Crippen LogP contribution >= 0.6 is 23.2 Å². The van der Waals surface area contributed by atoms with Gasteiger partial charge in [0.2, 0.25) is 6.86 Å². The Morgan fingerprint density at radius 2 is 1.83 bits per heavy atom. The maximum absolute atomic E-state index is 12.9. The molecule has 0 N–H and O–H groups in total.